The van der Waals surface area contributed by atoms with Gasteiger partial charge in [0.05, 0.1) is 6.04 Å². The Bertz CT molecular complexity index is 292. The first-order valence-electron chi connectivity index (χ1n) is 7.65. The topological polar surface area (TPSA) is 32.3 Å². The maximum absolute atomic E-state index is 12.6. The quantitative estimate of drug-likeness (QED) is 0.818. The summed E-state index contributed by atoms with van der Waals surface area (Å²) in [5.74, 6) is 1.86. The van der Waals surface area contributed by atoms with Crippen molar-refractivity contribution >= 4 is 5.91 Å². The molecule has 0 aliphatic carbocycles. The van der Waals surface area contributed by atoms with E-state index in [2.05, 4.69) is 31.0 Å². The molecule has 2 heterocycles. The largest absolute Gasteiger partial charge is 0.339 e. The second kappa shape index (κ2) is 6.05. The number of carbonyl (C=O) groups is 1. The molecule has 2 aliphatic heterocycles. The van der Waals surface area contributed by atoms with E-state index < -0.39 is 0 Å². The Labute approximate surface area is 111 Å². The molecule has 4 atom stereocenters. The lowest BCUT2D eigenvalue weighted by atomic mass is 9.88. The van der Waals surface area contributed by atoms with Crippen molar-refractivity contribution in [3.63, 3.8) is 0 Å². The third-order valence-corrected chi connectivity index (χ3v) is 4.81. The zero-order chi connectivity index (χ0) is 13.1. The molecule has 0 aromatic heterocycles. The molecule has 0 radical (unpaired) electrons. The number of rotatable bonds is 2. The molecule has 2 rings (SSSR count). The van der Waals surface area contributed by atoms with E-state index >= 15 is 0 Å². The van der Waals surface area contributed by atoms with Gasteiger partial charge in [-0.3, -0.25) is 4.79 Å². The predicted molar refractivity (Wildman–Crippen MR) is 74.4 cm³/mol. The highest BCUT2D eigenvalue weighted by atomic mass is 16.2. The Hall–Kier alpha value is -0.570. The van der Waals surface area contributed by atoms with Gasteiger partial charge in [-0.1, -0.05) is 20.3 Å². The van der Waals surface area contributed by atoms with Gasteiger partial charge in [0.1, 0.15) is 0 Å². The van der Waals surface area contributed by atoms with Crippen LogP contribution in [0.5, 0.6) is 0 Å². The van der Waals surface area contributed by atoms with E-state index in [-0.39, 0.29) is 6.04 Å². The number of likely N-dealkylation sites (tertiary alicyclic amines) is 1. The fourth-order valence-corrected chi connectivity index (χ4v) is 3.49. The molecular formula is C15H28N2O. The summed E-state index contributed by atoms with van der Waals surface area (Å²) >= 11 is 0. The van der Waals surface area contributed by atoms with Gasteiger partial charge in [0.15, 0.2) is 0 Å². The van der Waals surface area contributed by atoms with Gasteiger partial charge in [0.2, 0.25) is 5.91 Å². The third kappa shape index (κ3) is 3.05. The SMILES string of the molecule is CCC1CCNC(C(=O)N2CCC(C)CC2C)C1. The molecule has 2 saturated heterocycles. The van der Waals surface area contributed by atoms with Crippen LogP contribution in [0.3, 0.4) is 0 Å². The number of piperidine rings is 2. The lowest BCUT2D eigenvalue weighted by molar-refractivity contribution is -0.138. The first-order valence-corrected chi connectivity index (χ1v) is 7.65. The molecule has 104 valence electrons. The molecule has 3 nitrogen and oxygen atoms in total. The summed E-state index contributed by atoms with van der Waals surface area (Å²) in [6.07, 6.45) is 5.80. The van der Waals surface area contributed by atoms with Crippen LogP contribution >= 0.6 is 0 Å². The molecule has 1 amide bonds. The number of carbonyl (C=O) groups excluding carboxylic acids is 1. The van der Waals surface area contributed by atoms with E-state index in [0.29, 0.717) is 11.9 Å². The fourth-order valence-electron chi connectivity index (χ4n) is 3.49. The summed E-state index contributed by atoms with van der Waals surface area (Å²) in [5.41, 5.74) is 0. The molecule has 3 heteroatoms. The van der Waals surface area contributed by atoms with Gasteiger partial charge in [-0.05, 0) is 51.0 Å². The molecule has 4 unspecified atom stereocenters. The Morgan fingerprint density at radius 1 is 1.28 bits per heavy atom. The van der Waals surface area contributed by atoms with Crippen LogP contribution in [0.2, 0.25) is 0 Å². The minimum absolute atomic E-state index is 0.0829. The van der Waals surface area contributed by atoms with E-state index in [1.807, 2.05) is 0 Å². The Balaban J connectivity index is 1.94. The minimum atomic E-state index is 0.0829. The zero-order valence-corrected chi connectivity index (χ0v) is 12.1. The third-order valence-electron chi connectivity index (χ3n) is 4.81. The normalized spacial score (nSPS) is 37.6. The number of nitrogens with zero attached hydrogens (tertiary/aromatic N) is 1. The van der Waals surface area contributed by atoms with Crippen molar-refractivity contribution in [2.45, 2.75) is 65.0 Å². The Morgan fingerprint density at radius 2 is 2.06 bits per heavy atom. The first-order chi connectivity index (χ1) is 8.61. The number of amides is 1. The molecule has 0 saturated carbocycles. The van der Waals surface area contributed by atoms with E-state index in [4.69, 9.17) is 0 Å². The van der Waals surface area contributed by atoms with Gasteiger partial charge in [0.25, 0.3) is 0 Å². The van der Waals surface area contributed by atoms with Crippen molar-refractivity contribution in [3.05, 3.63) is 0 Å². The van der Waals surface area contributed by atoms with Crippen molar-refractivity contribution in [2.75, 3.05) is 13.1 Å². The molecule has 0 aromatic carbocycles. The van der Waals surface area contributed by atoms with Crippen LogP contribution < -0.4 is 5.32 Å². The first kappa shape index (κ1) is 13.9. The minimum Gasteiger partial charge on any atom is -0.339 e. The lowest BCUT2D eigenvalue weighted by Gasteiger charge is -2.40. The summed E-state index contributed by atoms with van der Waals surface area (Å²) in [6, 6.07) is 0.504. The molecule has 0 bridgehead atoms. The van der Waals surface area contributed by atoms with Gasteiger partial charge < -0.3 is 10.2 Å². The number of nitrogens with one attached hydrogen (secondary N) is 1. The van der Waals surface area contributed by atoms with Crippen molar-refractivity contribution < 1.29 is 4.79 Å². The van der Waals surface area contributed by atoms with Crippen LogP contribution in [0.25, 0.3) is 0 Å². The smallest absolute Gasteiger partial charge is 0.239 e. The van der Waals surface area contributed by atoms with Gasteiger partial charge in [0, 0.05) is 12.6 Å². The monoisotopic (exact) mass is 252 g/mol. The van der Waals surface area contributed by atoms with E-state index in [9.17, 15) is 4.79 Å². The van der Waals surface area contributed by atoms with Gasteiger partial charge in [-0.25, -0.2) is 0 Å². The zero-order valence-electron chi connectivity index (χ0n) is 12.1. The highest BCUT2D eigenvalue weighted by Gasteiger charge is 2.33. The van der Waals surface area contributed by atoms with Crippen molar-refractivity contribution in [1.29, 1.82) is 0 Å². The summed E-state index contributed by atoms with van der Waals surface area (Å²) in [7, 11) is 0. The average molecular weight is 252 g/mol. The van der Waals surface area contributed by atoms with Crippen molar-refractivity contribution in [2.24, 2.45) is 11.8 Å². The van der Waals surface area contributed by atoms with E-state index in [1.54, 1.807) is 0 Å². The second-order valence-corrected chi connectivity index (χ2v) is 6.32. The highest BCUT2D eigenvalue weighted by Crippen LogP contribution is 2.25. The summed E-state index contributed by atoms with van der Waals surface area (Å²) in [6.45, 7) is 8.70. The van der Waals surface area contributed by atoms with Crippen LogP contribution in [0.1, 0.15) is 52.9 Å². The fraction of sp³-hybridized carbons (Fsp3) is 0.933. The standard InChI is InChI=1S/C15H28N2O/c1-4-13-5-7-16-14(10-13)15(18)17-8-6-11(2)9-12(17)3/h11-14,16H,4-10H2,1-3H3. The van der Waals surface area contributed by atoms with Crippen LogP contribution in [-0.4, -0.2) is 36.0 Å². The molecule has 0 spiro atoms. The maximum atomic E-state index is 12.6. The van der Waals surface area contributed by atoms with E-state index in [0.717, 1.165) is 37.8 Å². The average Bonchev–Trinajstić information content (AvgIpc) is 2.38. The highest BCUT2D eigenvalue weighted by molar-refractivity contribution is 5.82. The predicted octanol–water partition coefficient (Wildman–Crippen LogP) is 2.41. The molecular weight excluding hydrogens is 224 g/mol. The van der Waals surface area contributed by atoms with Crippen LogP contribution in [0.4, 0.5) is 0 Å². The molecule has 2 aliphatic rings. The second-order valence-electron chi connectivity index (χ2n) is 6.32. The van der Waals surface area contributed by atoms with Gasteiger partial charge in [-0.15, -0.1) is 0 Å². The lowest BCUT2D eigenvalue weighted by Crippen LogP contribution is -2.54. The van der Waals surface area contributed by atoms with Crippen LogP contribution in [0.15, 0.2) is 0 Å². The summed E-state index contributed by atoms with van der Waals surface area (Å²) in [4.78, 5) is 14.7. The number of hydrogen-bond acceptors (Lipinski definition) is 2. The Kier molecular flexibility index (Phi) is 4.66. The van der Waals surface area contributed by atoms with Crippen LogP contribution in [0, 0.1) is 11.8 Å². The maximum Gasteiger partial charge on any atom is 0.239 e. The number of hydrogen-bond donors (Lipinski definition) is 1. The van der Waals surface area contributed by atoms with Crippen molar-refractivity contribution in [3.8, 4) is 0 Å². The Morgan fingerprint density at radius 3 is 2.72 bits per heavy atom. The van der Waals surface area contributed by atoms with Crippen molar-refractivity contribution in [1.82, 2.24) is 10.2 Å². The molecule has 0 aromatic rings. The van der Waals surface area contributed by atoms with Gasteiger partial charge >= 0.3 is 0 Å². The molecule has 1 N–H and O–H groups in total. The van der Waals surface area contributed by atoms with Crippen LogP contribution in [-0.2, 0) is 4.79 Å². The summed E-state index contributed by atoms with van der Waals surface area (Å²) in [5, 5.41) is 3.42. The summed E-state index contributed by atoms with van der Waals surface area (Å²) < 4.78 is 0. The molecule has 18 heavy (non-hydrogen) atoms. The molecule has 2 fully saturated rings. The van der Waals surface area contributed by atoms with Gasteiger partial charge in [-0.2, -0.15) is 0 Å². The van der Waals surface area contributed by atoms with E-state index in [1.165, 1.54) is 19.3 Å².